The van der Waals surface area contributed by atoms with E-state index in [1.165, 1.54) is 6.07 Å². The molecule has 0 spiro atoms. The Morgan fingerprint density at radius 3 is 2.64 bits per heavy atom. The Kier molecular flexibility index (Phi) is 5.02. The Hall–Kier alpha value is -2.96. The second-order valence-electron chi connectivity index (χ2n) is 4.22. The lowest BCUT2D eigenvalue weighted by Gasteiger charge is -1.98. The number of hydrogen-bond donors (Lipinski definition) is 0. The summed E-state index contributed by atoms with van der Waals surface area (Å²) in [5, 5.41) is 7.24. The Morgan fingerprint density at radius 1 is 1.23 bits per heavy atom. The molecule has 0 saturated heterocycles. The molecule has 0 aliphatic heterocycles. The predicted molar refractivity (Wildman–Crippen MR) is 76.5 cm³/mol. The molecule has 0 saturated carbocycles. The Labute approximate surface area is 126 Å². The molecule has 0 aliphatic carbocycles. The molecule has 0 atom stereocenters. The van der Waals surface area contributed by atoms with Gasteiger partial charge in [0.2, 0.25) is 0 Å². The number of carbonyl (C=O) groups is 2. The lowest BCUT2D eigenvalue weighted by atomic mass is 10.2. The average molecular weight is 302 g/mol. The van der Waals surface area contributed by atoms with Gasteiger partial charge in [0, 0.05) is 6.07 Å². The van der Waals surface area contributed by atoms with Crippen LogP contribution in [0.5, 0.6) is 0 Å². The van der Waals surface area contributed by atoms with Crippen LogP contribution in [0, 0.1) is 0 Å². The molecular formula is C15H14N2O5. The smallest absolute Gasteiger partial charge is 0.365 e. The molecular weight excluding hydrogens is 288 g/mol. The predicted octanol–water partition coefficient (Wildman–Crippen LogP) is 2.43. The molecule has 7 nitrogen and oxygen atoms in total. The van der Waals surface area contributed by atoms with Crippen LogP contribution in [-0.4, -0.2) is 29.4 Å². The highest BCUT2D eigenvalue weighted by atomic mass is 16.7. The van der Waals surface area contributed by atoms with Gasteiger partial charge in [0.15, 0.2) is 11.5 Å². The minimum atomic E-state index is -0.593. The first-order valence-electron chi connectivity index (χ1n) is 6.57. The van der Waals surface area contributed by atoms with Crippen LogP contribution in [0.25, 0.3) is 0 Å². The lowest BCUT2D eigenvalue weighted by Crippen LogP contribution is -2.05. The van der Waals surface area contributed by atoms with Gasteiger partial charge in [-0.05, 0) is 26.0 Å². The number of esters is 1. The first-order chi connectivity index (χ1) is 10.6. The molecule has 22 heavy (non-hydrogen) atoms. The van der Waals surface area contributed by atoms with Gasteiger partial charge in [-0.15, -0.1) is 0 Å². The number of ether oxygens (including phenoxy) is 1. The van der Waals surface area contributed by atoms with Gasteiger partial charge in [-0.3, -0.25) is 0 Å². The fourth-order valence-corrected chi connectivity index (χ4v) is 1.53. The van der Waals surface area contributed by atoms with Crippen molar-refractivity contribution in [2.45, 2.75) is 13.8 Å². The van der Waals surface area contributed by atoms with Crippen LogP contribution in [0.1, 0.15) is 40.5 Å². The highest BCUT2D eigenvalue weighted by molar-refractivity contribution is 5.98. The third kappa shape index (κ3) is 3.78. The van der Waals surface area contributed by atoms with Crippen molar-refractivity contribution in [2.75, 3.05) is 6.61 Å². The van der Waals surface area contributed by atoms with E-state index in [2.05, 4.69) is 10.3 Å². The SMILES string of the molecule is CCOC(=O)c1cc(/C(C)=N/OC(=O)c2ccccc2)on1. The van der Waals surface area contributed by atoms with Gasteiger partial charge in [-0.2, -0.15) is 0 Å². The largest absolute Gasteiger partial charge is 0.461 e. The topological polar surface area (TPSA) is 91.0 Å². The summed E-state index contributed by atoms with van der Waals surface area (Å²) in [5.74, 6) is -0.972. The van der Waals surface area contributed by atoms with E-state index in [-0.39, 0.29) is 23.8 Å². The summed E-state index contributed by atoms with van der Waals surface area (Å²) in [6, 6.07) is 9.81. The van der Waals surface area contributed by atoms with Crippen molar-refractivity contribution in [3.63, 3.8) is 0 Å². The molecule has 0 N–H and O–H groups in total. The van der Waals surface area contributed by atoms with Gasteiger partial charge >= 0.3 is 11.9 Å². The van der Waals surface area contributed by atoms with E-state index in [4.69, 9.17) is 14.1 Å². The van der Waals surface area contributed by atoms with Crippen LogP contribution in [0.2, 0.25) is 0 Å². The van der Waals surface area contributed by atoms with E-state index in [0.29, 0.717) is 5.56 Å². The lowest BCUT2D eigenvalue weighted by molar-refractivity contribution is 0.0507. The standard InChI is InChI=1S/C15H14N2O5/c1-3-20-15(19)12-9-13(21-17-12)10(2)16-22-14(18)11-7-5-4-6-8-11/h4-9H,3H2,1-2H3/b16-10+. The fourth-order valence-electron chi connectivity index (χ4n) is 1.53. The summed E-state index contributed by atoms with van der Waals surface area (Å²) >= 11 is 0. The Morgan fingerprint density at radius 2 is 1.95 bits per heavy atom. The first kappa shape index (κ1) is 15.4. The molecule has 0 fully saturated rings. The number of oxime groups is 1. The Balaban J connectivity index is 2.03. The van der Waals surface area contributed by atoms with E-state index in [0.717, 1.165) is 0 Å². The van der Waals surface area contributed by atoms with Crippen molar-refractivity contribution in [3.8, 4) is 0 Å². The normalized spacial score (nSPS) is 11.1. The zero-order valence-corrected chi connectivity index (χ0v) is 12.1. The van der Waals surface area contributed by atoms with Crippen molar-refractivity contribution < 1.29 is 23.7 Å². The molecule has 114 valence electrons. The quantitative estimate of drug-likeness (QED) is 0.364. The van der Waals surface area contributed by atoms with Crippen molar-refractivity contribution in [3.05, 3.63) is 53.4 Å². The molecule has 2 aromatic rings. The molecule has 7 heteroatoms. The van der Waals surface area contributed by atoms with Gasteiger partial charge in [0.25, 0.3) is 0 Å². The molecule has 1 aromatic heterocycles. The van der Waals surface area contributed by atoms with Gasteiger partial charge < -0.3 is 14.1 Å². The first-order valence-corrected chi connectivity index (χ1v) is 6.57. The van der Waals surface area contributed by atoms with E-state index >= 15 is 0 Å². The number of hydrogen-bond acceptors (Lipinski definition) is 7. The third-order valence-electron chi connectivity index (χ3n) is 2.63. The van der Waals surface area contributed by atoms with Crippen molar-refractivity contribution in [1.29, 1.82) is 0 Å². The average Bonchev–Trinajstić information content (AvgIpc) is 3.03. The molecule has 0 aliphatic rings. The maximum Gasteiger partial charge on any atom is 0.365 e. The second kappa shape index (κ2) is 7.16. The van der Waals surface area contributed by atoms with Gasteiger partial charge in [0.05, 0.1) is 12.2 Å². The number of aromatic nitrogens is 1. The minimum absolute atomic E-state index is 0.0285. The van der Waals surface area contributed by atoms with Gasteiger partial charge in [-0.1, -0.05) is 28.5 Å². The van der Waals surface area contributed by atoms with E-state index in [9.17, 15) is 9.59 Å². The highest BCUT2D eigenvalue weighted by Crippen LogP contribution is 2.08. The zero-order valence-electron chi connectivity index (χ0n) is 12.1. The summed E-state index contributed by atoms with van der Waals surface area (Å²) in [4.78, 5) is 28.0. The summed E-state index contributed by atoms with van der Waals surface area (Å²) < 4.78 is 9.75. The maximum atomic E-state index is 11.7. The summed E-state index contributed by atoms with van der Waals surface area (Å²) in [6.07, 6.45) is 0. The van der Waals surface area contributed by atoms with Gasteiger partial charge in [-0.25, -0.2) is 9.59 Å². The molecule has 1 heterocycles. The molecule has 0 radical (unpaired) electrons. The van der Waals surface area contributed by atoms with Crippen LogP contribution in [0.4, 0.5) is 0 Å². The minimum Gasteiger partial charge on any atom is -0.461 e. The van der Waals surface area contributed by atoms with Crippen molar-refractivity contribution >= 4 is 17.7 Å². The summed E-state index contributed by atoms with van der Waals surface area (Å²) in [5.41, 5.74) is 0.678. The van der Waals surface area contributed by atoms with Crippen LogP contribution in [-0.2, 0) is 9.57 Å². The monoisotopic (exact) mass is 302 g/mol. The molecule has 0 unspecified atom stereocenters. The maximum absolute atomic E-state index is 11.7. The van der Waals surface area contributed by atoms with E-state index < -0.39 is 11.9 Å². The number of rotatable bonds is 5. The molecule has 0 bridgehead atoms. The van der Waals surface area contributed by atoms with Crippen LogP contribution < -0.4 is 0 Å². The van der Waals surface area contributed by atoms with Crippen LogP contribution >= 0.6 is 0 Å². The van der Waals surface area contributed by atoms with Gasteiger partial charge in [0.1, 0.15) is 5.71 Å². The third-order valence-corrected chi connectivity index (χ3v) is 2.63. The van der Waals surface area contributed by atoms with Crippen molar-refractivity contribution in [1.82, 2.24) is 5.16 Å². The summed E-state index contributed by atoms with van der Waals surface area (Å²) in [7, 11) is 0. The second-order valence-corrected chi connectivity index (χ2v) is 4.22. The molecule has 1 aromatic carbocycles. The number of benzene rings is 1. The van der Waals surface area contributed by atoms with E-state index in [1.54, 1.807) is 44.2 Å². The Bertz CT molecular complexity index is 691. The van der Waals surface area contributed by atoms with Crippen LogP contribution in [0.15, 0.2) is 46.1 Å². The zero-order chi connectivity index (χ0) is 15.9. The van der Waals surface area contributed by atoms with Crippen molar-refractivity contribution in [2.24, 2.45) is 5.16 Å². The summed E-state index contributed by atoms with van der Waals surface area (Å²) in [6.45, 7) is 3.49. The highest BCUT2D eigenvalue weighted by Gasteiger charge is 2.15. The fraction of sp³-hybridized carbons (Fsp3) is 0.200. The number of nitrogens with zero attached hydrogens (tertiary/aromatic N) is 2. The molecule has 0 amide bonds. The van der Waals surface area contributed by atoms with E-state index in [1.807, 2.05) is 0 Å². The molecule has 2 rings (SSSR count). The van der Waals surface area contributed by atoms with Crippen LogP contribution in [0.3, 0.4) is 0 Å². The number of carbonyl (C=O) groups excluding carboxylic acids is 2.